The van der Waals surface area contributed by atoms with Crippen molar-refractivity contribution >= 4 is 23.4 Å². The van der Waals surface area contributed by atoms with E-state index in [1.54, 1.807) is 9.80 Å². The van der Waals surface area contributed by atoms with Gasteiger partial charge in [0, 0.05) is 32.5 Å². The number of halogens is 1. The van der Waals surface area contributed by atoms with Crippen LogP contribution in [0.4, 0.5) is 10.2 Å². The third-order valence-corrected chi connectivity index (χ3v) is 6.01. The molecular formula is C22H26FN5O3. The fourth-order valence-electron chi connectivity index (χ4n) is 4.36. The first kappa shape index (κ1) is 21.0. The molecule has 0 unspecified atom stereocenters. The first-order valence-electron chi connectivity index (χ1n) is 10.7. The number of ketones is 1. The number of amides is 2. The number of rotatable bonds is 7. The maximum Gasteiger partial charge on any atom is 0.223 e. The number of benzene rings is 1. The van der Waals surface area contributed by atoms with Crippen molar-refractivity contribution < 1.29 is 18.8 Å². The number of aromatic nitrogens is 2. The third-order valence-electron chi connectivity index (χ3n) is 6.01. The lowest BCUT2D eigenvalue weighted by Crippen LogP contribution is -2.41. The summed E-state index contributed by atoms with van der Waals surface area (Å²) in [4.78, 5) is 41.1. The van der Waals surface area contributed by atoms with Crippen molar-refractivity contribution in [2.45, 2.75) is 44.6 Å². The highest BCUT2D eigenvalue weighted by molar-refractivity contribution is 6.05. The molecule has 2 N–H and O–H groups in total. The summed E-state index contributed by atoms with van der Waals surface area (Å²) in [5.74, 6) is -0.364. The van der Waals surface area contributed by atoms with Gasteiger partial charge in [0.25, 0.3) is 0 Å². The number of nitrogen functional groups attached to an aromatic ring is 1. The molecule has 1 aromatic carbocycles. The van der Waals surface area contributed by atoms with Gasteiger partial charge in [-0.15, -0.1) is 0 Å². The molecule has 0 spiro atoms. The summed E-state index contributed by atoms with van der Waals surface area (Å²) in [6.45, 7) is 1.87. The molecule has 2 aliphatic rings. The molecule has 9 heteroatoms. The zero-order valence-electron chi connectivity index (χ0n) is 17.3. The van der Waals surface area contributed by atoms with Crippen LogP contribution in [0.2, 0.25) is 0 Å². The van der Waals surface area contributed by atoms with E-state index >= 15 is 0 Å². The summed E-state index contributed by atoms with van der Waals surface area (Å²) in [5, 5.41) is 4.19. The molecule has 4 rings (SSSR count). The summed E-state index contributed by atoms with van der Waals surface area (Å²) >= 11 is 0. The molecule has 0 saturated carbocycles. The highest BCUT2D eigenvalue weighted by Gasteiger charge is 2.36. The van der Waals surface area contributed by atoms with Crippen molar-refractivity contribution in [3.63, 3.8) is 0 Å². The Bertz CT molecular complexity index is 988. The van der Waals surface area contributed by atoms with Crippen LogP contribution in [0.5, 0.6) is 0 Å². The predicted molar refractivity (Wildman–Crippen MR) is 112 cm³/mol. The van der Waals surface area contributed by atoms with Crippen molar-refractivity contribution in [2.24, 2.45) is 0 Å². The molecule has 2 aliphatic heterocycles. The first-order valence-corrected chi connectivity index (χ1v) is 10.7. The highest BCUT2D eigenvalue weighted by atomic mass is 19.1. The topological polar surface area (TPSA) is 102 Å². The SMILES string of the molecule is Nc1c(C(=O)[C@H]2CCCN2C(=O)CCCN2CCCC2=O)cnn1-c1ccc(F)cc1. The lowest BCUT2D eigenvalue weighted by molar-refractivity contribution is -0.132. The van der Waals surface area contributed by atoms with Crippen molar-refractivity contribution in [1.82, 2.24) is 19.6 Å². The highest BCUT2D eigenvalue weighted by Crippen LogP contribution is 2.26. The molecule has 164 valence electrons. The van der Waals surface area contributed by atoms with Gasteiger partial charge < -0.3 is 15.5 Å². The second kappa shape index (κ2) is 8.87. The van der Waals surface area contributed by atoms with Crippen LogP contribution in [0, 0.1) is 5.82 Å². The van der Waals surface area contributed by atoms with E-state index in [-0.39, 0.29) is 34.8 Å². The number of hydrogen-bond donors (Lipinski definition) is 1. The minimum absolute atomic E-state index is 0.0769. The van der Waals surface area contributed by atoms with Gasteiger partial charge in [0.2, 0.25) is 11.8 Å². The second-order valence-electron chi connectivity index (χ2n) is 8.03. The first-order chi connectivity index (χ1) is 15.0. The van der Waals surface area contributed by atoms with Gasteiger partial charge in [0.15, 0.2) is 5.78 Å². The molecule has 2 aromatic rings. The van der Waals surface area contributed by atoms with E-state index in [2.05, 4.69) is 5.10 Å². The molecule has 2 amide bonds. The van der Waals surface area contributed by atoms with Crippen molar-refractivity contribution in [2.75, 3.05) is 25.4 Å². The van der Waals surface area contributed by atoms with Crippen LogP contribution in [0.15, 0.2) is 30.5 Å². The van der Waals surface area contributed by atoms with Crippen LogP contribution in [0.25, 0.3) is 5.69 Å². The fourth-order valence-corrected chi connectivity index (χ4v) is 4.36. The van der Waals surface area contributed by atoms with Crippen molar-refractivity contribution in [3.8, 4) is 5.69 Å². The van der Waals surface area contributed by atoms with Gasteiger partial charge in [0.05, 0.1) is 23.5 Å². The quantitative estimate of drug-likeness (QED) is 0.683. The van der Waals surface area contributed by atoms with Gasteiger partial charge in [-0.25, -0.2) is 9.07 Å². The van der Waals surface area contributed by atoms with E-state index < -0.39 is 6.04 Å². The van der Waals surface area contributed by atoms with Gasteiger partial charge in [-0.1, -0.05) is 0 Å². The number of Topliss-reactive ketones (excluding diaryl/α,β-unsaturated/α-hetero) is 1. The molecule has 2 saturated heterocycles. The molecule has 0 radical (unpaired) electrons. The number of carbonyl (C=O) groups excluding carboxylic acids is 3. The van der Waals surface area contributed by atoms with Gasteiger partial charge in [0.1, 0.15) is 11.6 Å². The Balaban J connectivity index is 1.41. The van der Waals surface area contributed by atoms with Crippen LogP contribution in [0.1, 0.15) is 48.9 Å². The molecule has 3 heterocycles. The zero-order chi connectivity index (χ0) is 22.0. The van der Waals surface area contributed by atoms with Crippen molar-refractivity contribution in [1.29, 1.82) is 0 Å². The Kier molecular flexibility index (Phi) is 6.01. The molecule has 1 aromatic heterocycles. The number of nitrogens with two attached hydrogens (primary N) is 1. The molecule has 31 heavy (non-hydrogen) atoms. The van der Waals surface area contributed by atoms with Crippen LogP contribution in [-0.4, -0.2) is 62.9 Å². The number of nitrogens with zero attached hydrogens (tertiary/aromatic N) is 4. The van der Waals surface area contributed by atoms with Gasteiger partial charge >= 0.3 is 0 Å². The Morgan fingerprint density at radius 1 is 1.16 bits per heavy atom. The van der Waals surface area contributed by atoms with Crippen LogP contribution >= 0.6 is 0 Å². The van der Waals surface area contributed by atoms with E-state index in [1.807, 2.05) is 0 Å². The Morgan fingerprint density at radius 3 is 2.65 bits per heavy atom. The molecule has 1 atom stereocenters. The maximum absolute atomic E-state index is 13.2. The number of anilines is 1. The fraction of sp³-hybridized carbons (Fsp3) is 0.455. The van der Waals surface area contributed by atoms with Gasteiger partial charge in [-0.3, -0.25) is 14.4 Å². The number of hydrogen-bond acceptors (Lipinski definition) is 5. The summed E-state index contributed by atoms with van der Waals surface area (Å²) in [6, 6.07) is 5.09. The monoisotopic (exact) mass is 427 g/mol. The van der Waals surface area contributed by atoms with E-state index in [1.165, 1.54) is 35.1 Å². The van der Waals surface area contributed by atoms with Gasteiger partial charge in [-0.2, -0.15) is 5.10 Å². The minimum Gasteiger partial charge on any atom is -0.383 e. The summed E-state index contributed by atoms with van der Waals surface area (Å²) in [7, 11) is 0. The van der Waals surface area contributed by atoms with Crippen molar-refractivity contribution in [3.05, 3.63) is 41.8 Å². The average molecular weight is 427 g/mol. The summed E-state index contributed by atoms with van der Waals surface area (Å²) in [5.41, 5.74) is 6.98. The lowest BCUT2D eigenvalue weighted by atomic mass is 10.0. The van der Waals surface area contributed by atoms with Crippen LogP contribution < -0.4 is 5.73 Å². The van der Waals surface area contributed by atoms with Crippen LogP contribution in [-0.2, 0) is 9.59 Å². The normalized spacial score (nSPS) is 18.7. The Labute approximate surface area is 179 Å². The third kappa shape index (κ3) is 4.30. The standard InChI is InChI=1S/C22H26FN5O3/c23-15-7-9-16(10-8-15)28-22(24)17(14-25-28)21(31)18-4-1-13-27(18)20(30)6-3-12-26-11-2-5-19(26)29/h7-10,14,18H,1-6,11-13,24H2/t18-/m1/s1. The van der Waals surface area contributed by atoms with Gasteiger partial charge in [-0.05, 0) is 49.9 Å². The van der Waals surface area contributed by atoms with E-state index in [4.69, 9.17) is 5.73 Å². The lowest BCUT2D eigenvalue weighted by Gasteiger charge is -2.24. The van der Waals surface area contributed by atoms with Crippen LogP contribution in [0.3, 0.4) is 0 Å². The predicted octanol–water partition coefficient (Wildman–Crippen LogP) is 2.17. The average Bonchev–Trinajstić information content (AvgIpc) is 3.49. The van der Waals surface area contributed by atoms with E-state index in [9.17, 15) is 18.8 Å². The molecular weight excluding hydrogens is 401 g/mol. The smallest absolute Gasteiger partial charge is 0.223 e. The summed E-state index contributed by atoms with van der Waals surface area (Å²) in [6.07, 6.45) is 5.09. The molecule has 0 aliphatic carbocycles. The zero-order valence-corrected chi connectivity index (χ0v) is 17.3. The maximum atomic E-state index is 13.2. The number of carbonyl (C=O) groups is 3. The summed E-state index contributed by atoms with van der Waals surface area (Å²) < 4.78 is 14.6. The molecule has 8 nitrogen and oxygen atoms in total. The Hall–Kier alpha value is -3.23. The van der Waals surface area contributed by atoms with E-state index in [0.29, 0.717) is 44.5 Å². The number of likely N-dealkylation sites (tertiary alicyclic amines) is 2. The minimum atomic E-state index is -0.561. The second-order valence-corrected chi connectivity index (χ2v) is 8.03. The van der Waals surface area contributed by atoms with E-state index in [0.717, 1.165) is 19.4 Å². The molecule has 2 fully saturated rings. The molecule has 0 bridgehead atoms. The Morgan fingerprint density at radius 2 is 1.94 bits per heavy atom. The largest absolute Gasteiger partial charge is 0.383 e.